The molecule has 1 aliphatic rings. The molecule has 64 valence electrons. The highest BCUT2D eigenvalue weighted by molar-refractivity contribution is 5.25. The van der Waals surface area contributed by atoms with E-state index in [1.54, 1.807) is 0 Å². The van der Waals surface area contributed by atoms with E-state index in [1.807, 2.05) is 12.3 Å². The van der Waals surface area contributed by atoms with Crippen LogP contribution in [0.3, 0.4) is 0 Å². The molecule has 1 unspecified atom stereocenters. The van der Waals surface area contributed by atoms with Gasteiger partial charge in [-0.3, -0.25) is 4.98 Å². The van der Waals surface area contributed by atoms with Gasteiger partial charge in [-0.25, -0.2) is 0 Å². The number of hydrogen-bond donors (Lipinski definition) is 1. The smallest absolute Gasteiger partial charge is 0.0491 e. The van der Waals surface area contributed by atoms with Gasteiger partial charge >= 0.3 is 0 Å². The maximum atomic E-state index is 4.43. The number of rotatable bonds is 1. The first-order valence-corrected chi connectivity index (χ1v) is 4.56. The Labute approximate surface area is 73.0 Å². The average Bonchev–Trinajstić information content (AvgIpc) is 2.17. The van der Waals surface area contributed by atoms with Crippen LogP contribution in [0, 0.1) is 0 Å². The Morgan fingerprint density at radius 3 is 3.42 bits per heavy atom. The molecule has 0 spiro atoms. The van der Waals surface area contributed by atoms with E-state index in [0.29, 0.717) is 5.92 Å². The molecule has 1 aliphatic heterocycles. The average molecular weight is 162 g/mol. The summed E-state index contributed by atoms with van der Waals surface area (Å²) in [4.78, 5) is 4.43. The maximum Gasteiger partial charge on any atom is 0.0491 e. The lowest BCUT2D eigenvalue weighted by Crippen LogP contribution is -2.28. The first-order valence-electron chi connectivity index (χ1n) is 4.56. The van der Waals surface area contributed by atoms with E-state index in [1.165, 1.54) is 17.7 Å². The van der Waals surface area contributed by atoms with Gasteiger partial charge in [0, 0.05) is 30.9 Å². The maximum absolute atomic E-state index is 4.43. The third-order valence-electron chi connectivity index (χ3n) is 2.51. The van der Waals surface area contributed by atoms with E-state index in [9.17, 15) is 0 Å². The van der Waals surface area contributed by atoms with Crippen LogP contribution in [-0.2, 0) is 6.54 Å². The summed E-state index contributed by atoms with van der Waals surface area (Å²) in [7, 11) is 0. The molecule has 1 atom stereocenters. The fraction of sp³-hybridized carbons (Fsp3) is 0.500. The molecule has 2 rings (SSSR count). The summed E-state index contributed by atoms with van der Waals surface area (Å²) in [5.41, 5.74) is 2.68. The minimum atomic E-state index is 0.620. The van der Waals surface area contributed by atoms with Gasteiger partial charge < -0.3 is 5.32 Å². The normalized spacial score (nSPS) is 21.9. The third-order valence-corrected chi connectivity index (χ3v) is 2.51. The van der Waals surface area contributed by atoms with Crippen molar-refractivity contribution in [2.75, 3.05) is 6.54 Å². The minimum Gasteiger partial charge on any atom is -0.312 e. The number of hydrogen-bond acceptors (Lipinski definition) is 2. The lowest BCUT2D eigenvalue weighted by molar-refractivity contribution is 0.517. The van der Waals surface area contributed by atoms with Gasteiger partial charge in [0.15, 0.2) is 0 Å². The van der Waals surface area contributed by atoms with Crippen molar-refractivity contribution >= 4 is 0 Å². The summed E-state index contributed by atoms with van der Waals surface area (Å²) in [6.07, 6.45) is 3.07. The van der Waals surface area contributed by atoms with Crippen molar-refractivity contribution in [1.82, 2.24) is 10.3 Å². The molecule has 0 fully saturated rings. The van der Waals surface area contributed by atoms with Crippen molar-refractivity contribution in [3.8, 4) is 0 Å². The van der Waals surface area contributed by atoms with Crippen molar-refractivity contribution in [3.05, 3.63) is 29.6 Å². The summed E-state index contributed by atoms with van der Waals surface area (Å²) in [6.45, 7) is 4.29. The Kier molecular flexibility index (Phi) is 2.09. The van der Waals surface area contributed by atoms with E-state index in [4.69, 9.17) is 0 Å². The van der Waals surface area contributed by atoms with Crippen LogP contribution in [0.1, 0.15) is 30.5 Å². The Hall–Kier alpha value is -0.890. The zero-order valence-corrected chi connectivity index (χ0v) is 7.38. The molecule has 2 nitrogen and oxygen atoms in total. The Bertz CT molecular complexity index is 270. The van der Waals surface area contributed by atoms with Gasteiger partial charge in [-0.05, 0) is 18.1 Å². The molecule has 0 saturated carbocycles. The van der Waals surface area contributed by atoms with E-state index < -0.39 is 0 Å². The molecule has 0 aliphatic carbocycles. The molecule has 0 saturated heterocycles. The largest absolute Gasteiger partial charge is 0.312 e. The van der Waals surface area contributed by atoms with Gasteiger partial charge in [-0.15, -0.1) is 0 Å². The Morgan fingerprint density at radius 2 is 2.58 bits per heavy atom. The first-order chi connectivity index (χ1) is 5.92. The van der Waals surface area contributed by atoms with Crippen LogP contribution < -0.4 is 5.32 Å². The highest BCUT2D eigenvalue weighted by atomic mass is 14.9. The van der Waals surface area contributed by atoms with Crippen molar-refractivity contribution in [3.63, 3.8) is 0 Å². The van der Waals surface area contributed by atoms with Gasteiger partial charge in [-0.2, -0.15) is 0 Å². The van der Waals surface area contributed by atoms with Crippen molar-refractivity contribution < 1.29 is 0 Å². The Morgan fingerprint density at radius 1 is 1.67 bits per heavy atom. The quantitative estimate of drug-likeness (QED) is 0.679. The molecule has 1 N–H and O–H groups in total. The molecule has 2 heterocycles. The summed E-state index contributed by atoms with van der Waals surface area (Å²) < 4.78 is 0. The molecule has 0 amide bonds. The zero-order chi connectivity index (χ0) is 8.39. The van der Waals surface area contributed by atoms with Crippen LogP contribution in [0.25, 0.3) is 0 Å². The Balaban J connectivity index is 2.37. The molecule has 2 heteroatoms. The lowest BCUT2D eigenvalue weighted by Gasteiger charge is -2.23. The van der Waals surface area contributed by atoms with Gasteiger partial charge in [0.2, 0.25) is 0 Å². The molecule has 12 heavy (non-hydrogen) atoms. The van der Waals surface area contributed by atoms with Gasteiger partial charge in [0.05, 0.1) is 0 Å². The second-order valence-electron chi connectivity index (χ2n) is 3.28. The van der Waals surface area contributed by atoms with Crippen molar-refractivity contribution in [2.45, 2.75) is 25.8 Å². The van der Waals surface area contributed by atoms with E-state index in [-0.39, 0.29) is 0 Å². The van der Waals surface area contributed by atoms with Gasteiger partial charge in [0.25, 0.3) is 0 Å². The molecule has 0 bridgehead atoms. The van der Waals surface area contributed by atoms with Crippen molar-refractivity contribution in [1.29, 1.82) is 0 Å². The summed E-state index contributed by atoms with van der Waals surface area (Å²) in [5, 5.41) is 3.40. The topological polar surface area (TPSA) is 24.9 Å². The second kappa shape index (κ2) is 3.23. The highest BCUT2D eigenvalue weighted by Gasteiger charge is 2.18. The van der Waals surface area contributed by atoms with Crippen LogP contribution in [0.5, 0.6) is 0 Å². The highest BCUT2D eigenvalue weighted by Crippen LogP contribution is 2.23. The van der Waals surface area contributed by atoms with Crippen LogP contribution in [-0.4, -0.2) is 11.5 Å². The van der Waals surface area contributed by atoms with Crippen LogP contribution >= 0.6 is 0 Å². The number of pyridine rings is 1. The number of nitrogens with one attached hydrogen (secondary N) is 1. The van der Waals surface area contributed by atoms with Crippen LogP contribution in [0.4, 0.5) is 0 Å². The van der Waals surface area contributed by atoms with Crippen LogP contribution in [0.2, 0.25) is 0 Å². The summed E-state index contributed by atoms with van der Waals surface area (Å²) in [5.74, 6) is 0.620. The molecular formula is C10H14N2. The SMILES string of the molecule is CCC1CNCc2cccnc21. The number of aromatic nitrogens is 1. The molecule has 1 aromatic heterocycles. The third kappa shape index (κ3) is 1.23. The zero-order valence-electron chi connectivity index (χ0n) is 7.38. The van der Waals surface area contributed by atoms with E-state index in [2.05, 4.69) is 23.3 Å². The predicted octanol–water partition coefficient (Wildman–Crippen LogP) is 1.68. The molecule has 1 aromatic rings. The van der Waals surface area contributed by atoms with Crippen LogP contribution in [0.15, 0.2) is 18.3 Å². The van der Waals surface area contributed by atoms with Gasteiger partial charge in [-0.1, -0.05) is 13.0 Å². The fourth-order valence-corrected chi connectivity index (χ4v) is 1.78. The summed E-state index contributed by atoms with van der Waals surface area (Å²) in [6, 6.07) is 4.18. The standard InChI is InChI=1S/C10H14N2/c1-2-8-6-11-7-9-4-3-5-12-10(8)9/h3-5,8,11H,2,6-7H2,1H3. The number of fused-ring (bicyclic) bond motifs is 1. The first kappa shape index (κ1) is 7.74. The van der Waals surface area contributed by atoms with E-state index in [0.717, 1.165) is 13.1 Å². The van der Waals surface area contributed by atoms with Gasteiger partial charge in [0.1, 0.15) is 0 Å². The molecular weight excluding hydrogens is 148 g/mol. The molecule has 0 radical (unpaired) electrons. The minimum absolute atomic E-state index is 0.620. The predicted molar refractivity (Wildman–Crippen MR) is 49.0 cm³/mol. The molecule has 0 aromatic carbocycles. The van der Waals surface area contributed by atoms with E-state index >= 15 is 0 Å². The monoisotopic (exact) mass is 162 g/mol. The fourth-order valence-electron chi connectivity index (χ4n) is 1.78. The second-order valence-corrected chi connectivity index (χ2v) is 3.28. The summed E-state index contributed by atoms with van der Waals surface area (Å²) >= 11 is 0. The number of nitrogens with zero attached hydrogens (tertiary/aromatic N) is 1. The lowest BCUT2D eigenvalue weighted by atomic mass is 9.94. The van der Waals surface area contributed by atoms with Crippen molar-refractivity contribution in [2.24, 2.45) is 0 Å².